The van der Waals surface area contributed by atoms with Crippen LogP contribution in [0.5, 0.6) is 0 Å². The van der Waals surface area contributed by atoms with Gasteiger partial charge < -0.3 is 4.42 Å². The second-order valence-electron chi connectivity index (χ2n) is 6.53. The fourth-order valence-corrected chi connectivity index (χ4v) is 3.25. The molecule has 3 heterocycles. The minimum Gasteiger partial charge on any atom is -0.425 e. The van der Waals surface area contributed by atoms with E-state index in [1.54, 1.807) is 6.07 Å². The van der Waals surface area contributed by atoms with Crippen molar-refractivity contribution < 1.29 is 18.8 Å². The van der Waals surface area contributed by atoms with Crippen molar-refractivity contribution >= 4 is 23.8 Å². The molecular formula is C18H16N4O4. The zero-order chi connectivity index (χ0) is 18.1. The Labute approximate surface area is 148 Å². The van der Waals surface area contributed by atoms with E-state index in [1.807, 2.05) is 24.3 Å². The van der Waals surface area contributed by atoms with E-state index >= 15 is 0 Å². The van der Waals surface area contributed by atoms with Crippen molar-refractivity contribution in [1.29, 1.82) is 0 Å². The molecule has 4 rings (SSSR count). The molecule has 1 aromatic carbocycles. The second kappa shape index (κ2) is 6.62. The fourth-order valence-electron chi connectivity index (χ4n) is 3.25. The van der Waals surface area contributed by atoms with E-state index in [9.17, 15) is 14.4 Å². The first kappa shape index (κ1) is 16.3. The predicted octanol–water partition coefficient (Wildman–Crippen LogP) is -0.536. The topological polar surface area (TPSA) is 115 Å². The van der Waals surface area contributed by atoms with E-state index in [-0.39, 0.29) is 42.9 Å². The van der Waals surface area contributed by atoms with Gasteiger partial charge in [-0.25, -0.2) is 4.99 Å². The number of amides is 3. The van der Waals surface area contributed by atoms with E-state index in [0.29, 0.717) is 23.6 Å². The molecule has 1 aromatic heterocycles. The molecule has 0 saturated carbocycles. The normalized spacial score (nSPS) is 20.2. The van der Waals surface area contributed by atoms with Gasteiger partial charge >= 0.3 is 0 Å². The van der Waals surface area contributed by atoms with E-state index in [1.165, 1.54) is 0 Å². The number of carbonyl (C=O) groups excluding carboxylic acids is 3. The summed E-state index contributed by atoms with van der Waals surface area (Å²) in [6, 6.07) is 7.43. The van der Waals surface area contributed by atoms with Crippen molar-refractivity contribution in [3.63, 3.8) is 0 Å². The smallest absolute Gasteiger partial charge is 0.253 e. The number of nitrogens with zero attached hydrogens (tertiary/aromatic N) is 3. The summed E-state index contributed by atoms with van der Waals surface area (Å²) >= 11 is 0. The maximum absolute atomic E-state index is 12.2. The predicted molar refractivity (Wildman–Crippen MR) is 87.8 cm³/mol. The molecule has 1 saturated heterocycles. The number of imide groups is 1. The second-order valence-corrected chi connectivity index (χ2v) is 6.53. The lowest BCUT2D eigenvalue weighted by atomic mass is 9.94. The van der Waals surface area contributed by atoms with Crippen LogP contribution in [0.25, 0.3) is 6.08 Å². The van der Waals surface area contributed by atoms with Gasteiger partial charge in [0.05, 0.1) is 11.3 Å². The fraction of sp³-hybridized carbons (Fsp3) is 0.333. The molecule has 1 atom stereocenters. The average molecular weight is 352 g/mol. The highest BCUT2D eigenvalue weighted by atomic mass is 16.4. The third-order valence-corrected chi connectivity index (χ3v) is 4.46. The van der Waals surface area contributed by atoms with Crippen LogP contribution in [0.4, 0.5) is 0 Å². The minimum absolute atomic E-state index is 0.144. The summed E-state index contributed by atoms with van der Waals surface area (Å²) in [4.78, 5) is 39.1. The first-order valence-electron chi connectivity index (χ1n) is 8.40. The minimum atomic E-state index is -0.444. The van der Waals surface area contributed by atoms with Crippen LogP contribution < -0.4 is 15.9 Å². The Morgan fingerprint density at radius 3 is 2.46 bits per heavy atom. The Morgan fingerprint density at radius 2 is 1.69 bits per heavy atom. The van der Waals surface area contributed by atoms with Crippen molar-refractivity contribution in [1.82, 2.24) is 15.5 Å². The Balaban J connectivity index is 1.46. The number of nitrogens with one attached hydrogen (secondary N) is 1. The lowest BCUT2D eigenvalue weighted by molar-refractivity contribution is -0.134. The molecule has 3 amide bonds. The van der Waals surface area contributed by atoms with Crippen LogP contribution in [-0.2, 0) is 27.2 Å². The van der Waals surface area contributed by atoms with Crippen molar-refractivity contribution in [2.75, 3.05) is 0 Å². The van der Waals surface area contributed by atoms with Gasteiger partial charge in [0.1, 0.15) is 0 Å². The van der Waals surface area contributed by atoms with Crippen molar-refractivity contribution in [3.8, 4) is 0 Å². The quantitative estimate of drug-likeness (QED) is 0.740. The summed E-state index contributed by atoms with van der Waals surface area (Å²) in [5.41, 5.74) is 0. The monoisotopic (exact) mass is 352 g/mol. The molecule has 2 aromatic rings. The summed E-state index contributed by atoms with van der Waals surface area (Å²) < 4.78 is 5.62. The maximum atomic E-state index is 12.2. The molecule has 0 spiro atoms. The Kier molecular flexibility index (Phi) is 4.16. The lowest BCUT2D eigenvalue weighted by Crippen LogP contribution is -2.39. The van der Waals surface area contributed by atoms with Crippen LogP contribution >= 0.6 is 0 Å². The number of fused-ring (bicyclic) bond motifs is 1. The molecule has 0 aliphatic carbocycles. The Bertz CT molecular complexity index is 994. The highest BCUT2D eigenvalue weighted by Crippen LogP contribution is 2.20. The summed E-state index contributed by atoms with van der Waals surface area (Å²) in [5.74, 6) is -0.682. The molecule has 1 unspecified atom stereocenters. The molecule has 8 nitrogen and oxygen atoms in total. The summed E-state index contributed by atoms with van der Waals surface area (Å²) in [7, 11) is 0. The van der Waals surface area contributed by atoms with Crippen LogP contribution in [-0.4, -0.2) is 27.9 Å². The molecule has 8 heteroatoms. The van der Waals surface area contributed by atoms with Gasteiger partial charge in [0.15, 0.2) is 0 Å². The first-order chi connectivity index (χ1) is 12.6. The standard InChI is InChI=1S/C18H16N4O4/c23-14-5-10(6-15(24)20-14)7-16-21-22-17(26-16)9-12-8-11-3-1-2-4-13(11)19-18(12)25/h1-4,8,10,12H,5-7,9H2,(H,20,23,24). The van der Waals surface area contributed by atoms with E-state index in [2.05, 4.69) is 20.5 Å². The van der Waals surface area contributed by atoms with Gasteiger partial charge in [0, 0.05) is 25.7 Å². The average Bonchev–Trinajstić information content (AvgIpc) is 3.01. The molecule has 2 aliphatic rings. The summed E-state index contributed by atoms with van der Waals surface area (Å²) in [5, 5.41) is 11.8. The largest absolute Gasteiger partial charge is 0.425 e. The van der Waals surface area contributed by atoms with Gasteiger partial charge in [-0.1, -0.05) is 24.3 Å². The number of piperidine rings is 1. The molecule has 2 aliphatic heterocycles. The molecule has 1 N–H and O–H groups in total. The molecule has 0 radical (unpaired) electrons. The van der Waals surface area contributed by atoms with Gasteiger partial charge in [0.2, 0.25) is 23.6 Å². The molecule has 1 fully saturated rings. The number of rotatable bonds is 4. The van der Waals surface area contributed by atoms with Crippen molar-refractivity contribution in [3.05, 3.63) is 46.6 Å². The molecule has 132 valence electrons. The SMILES string of the molecule is O=C1CC(Cc2nnc(CC3C=c4ccccc4=NC3=O)o2)CC(=O)N1. The zero-order valence-corrected chi connectivity index (χ0v) is 13.8. The number of para-hydroxylation sites is 1. The Hall–Kier alpha value is -3.16. The third kappa shape index (κ3) is 3.44. The molecule has 26 heavy (non-hydrogen) atoms. The van der Waals surface area contributed by atoms with Crippen LogP contribution in [0, 0.1) is 11.8 Å². The van der Waals surface area contributed by atoms with Crippen LogP contribution in [0.3, 0.4) is 0 Å². The number of hydrogen-bond acceptors (Lipinski definition) is 6. The highest BCUT2D eigenvalue weighted by molar-refractivity contribution is 5.97. The highest BCUT2D eigenvalue weighted by Gasteiger charge is 2.27. The van der Waals surface area contributed by atoms with Gasteiger partial charge in [-0.05, 0) is 17.2 Å². The third-order valence-electron chi connectivity index (χ3n) is 4.46. The Morgan fingerprint density at radius 1 is 1.00 bits per heavy atom. The van der Waals surface area contributed by atoms with E-state index < -0.39 is 5.92 Å². The van der Waals surface area contributed by atoms with Crippen molar-refractivity contribution in [2.24, 2.45) is 16.8 Å². The summed E-state index contributed by atoms with van der Waals surface area (Å²) in [6.45, 7) is 0. The van der Waals surface area contributed by atoms with Crippen molar-refractivity contribution in [2.45, 2.75) is 25.7 Å². The van der Waals surface area contributed by atoms with E-state index in [4.69, 9.17) is 4.42 Å². The van der Waals surface area contributed by atoms with Gasteiger partial charge in [-0.15, -0.1) is 10.2 Å². The number of benzene rings is 1. The lowest BCUT2D eigenvalue weighted by Gasteiger charge is -2.18. The van der Waals surface area contributed by atoms with Crippen LogP contribution in [0.1, 0.15) is 24.6 Å². The number of aromatic nitrogens is 2. The number of hydrogen-bond donors (Lipinski definition) is 1. The maximum Gasteiger partial charge on any atom is 0.253 e. The summed E-state index contributed by atoms with van der Waals surface area (Å²) in [6.07, 6.45) is 3.01. The van der Waals surface area contributed by atoms with Crippen LogP contribution in [0.15, 0.2) is 33.7 Å². The van der Waals surface area contributed by atoms with Gasteiger partial charge in [0.25, 0.3) is 5.91 Å². The van der Waals surface area contributed by atoms with E-state index in [0.717, 1.165) is 5.22 Å². The molecular weight excluding hydrogens is 336 g/mol. The van der Waals surface area contributed by atoms with Gasteiger partial charge in [-0.3, -0.25) is 19.7 Å². The van der Waals surface area contributed by atoms with Gasteiger partial charge in [-0.2, -0.15) is 0 Å². The first-order valence-corrected chi connectivity index (χ1v) is 8.40. The molecule has 0 bridgehead atoms. The number of carbonyl (C=O) groups is 3. The van der Waals surface area contributed by atoms with Crippen LogP contribution in [0.2, 0.25) is 0 Å². The zero-order valence-electron chi connectivity index (χ0n) is 13.8.